The molecule has 81 valence electrons. The molecule has 0 fully saturated rings. The lowest BCUT2D eigenvalue weighted by Crippen LogP contribution is -2.26. The van der Waals surface area contributed by atoms with E-state index in [-0.39, 0.29) is 0 Å². The van der Waals surface area contributed by atoms with Crippen molar-refractivity contribution in [1.29, 1.82) is 0 Å². The Morgan fingerprint density at radius 1 is 1.36 bits per heavy atom. The number of ether oxygens (including phenoxy) is 2. The van der Waals surface area contributed by atoms with Crippen LogP contribution in [0.2, 0.25) is 0 Å². The largest absolute Gasteiger partial charge is 0.463 e. The average molecular weight is 201 g/mol. The fraction of sp³-hybridized carbons (Fsp3) is 0.800. The molecule has 14 heavy (non-hydrogen) atoms. The van der Waals surface area contributed by atoms with E-state index in [9.17, 15) is 9.59 Å². The average Bonchev–Trinajstić information content (AvgIpc) is 2.18. The summed E-state index contributed by atoms with van der Waals surface area (Å²) in [7, 11) is 0. The number of carbonyl (C=O) groups is 1. The number of hydrogen-bond donors (Lipinski definition) is 0. The molecule has 1 unspecified atom stereocenters. The maximum atomic E-state index is 11.3. The molecule has 1 atom stereocenters. The maximum Gasteiger partial charge on any atom is 0.418 e. The van der Waals surface area contributed by atoms with Gasteiger partial charge in [0.15, 0.2) is 6.10 Å². The third kappa shape index (κ3) is 5.56. The SMILES string of the molecule is CCCCOC(=O)C(CCC)O[C]=O. The van der Waals surface area contributed by atoms with Gasteiger partial charge < -0.3 is 9.47 Å². The fourth-order valence-electron chi connectivity index (χ4n) is 0.955. The Morgan fingerprint density at radius 2 is 2.07 bits per heavy atom. The Hall–Kier alpha value is -1.06. The number of esters is 1. The molecule has 0 aliphatic rings. The van der Waals surface area contributed by atoms with E-state index in [4.69, 9.17) is 4.74 Å². The van der Waals surface area contributed by atoms with Gasteiger partial charge in [-0.15, -0.1) is 0 Å². The molecule has 0 aromatic carbocycles. The maximum absolute atomic E-state index is 11.3. The van der Waals surface area contributed by atoms with Crippen LogP contribution in [0.3, 0.4) is 0 Å². The summed E-state index contributed by atoms with van der Waals surface area (Å²) in [5.74, 6) is -0.469. The Labute approximate surface area is 84.6 Å². The van der Waals surface area contributed by atoms with Crippen molar-refractivity contribution in [2.24, 2.45) is 0 Å². The number of rotatable bonds is 8. The second-order valence-corrected chi connectivity index (χ2v) is 3.00. The summed E-state index contributed by atoms with van der Waals surface area (Å²) in [4.78, 5) is 21.2. The van der Waals surface area contributed by atoms with Crippen molar-refractivity contribution in [2.75, 3.05) is 6.61 Å². The van der Waals surface area contributed by atoms with Crippen LogP contribution in [0, 0.1) is 0 Å². The van der Waals surface area contributed by atoms with Crippen molar-refractivity contribution in [1.82, 2.24) is 0 Å². The standard InChI is InChI=1S/C10H17O4/c1-3-5-7-13-10(12)9(6-4-2)14-8-11/h9H,3-7H2,1-2H3. The van der Waals surface area contributed by atoms with E-state index in [1.165, 1.54) is 6.47 Å². The van der Waals surface area contributed by atoms with Crippen LogP contribution in [0.5, 0.6) is 0 Å². The minimum Gasteiger partial charge on any atom is -0.463 e. The molecular formula is C10H17O4. The van der Waals surface area contributed by atoms with Crippen LogP contribution in [-0.2, 0) is 19.1 Å². The highest BCUT2D eigenvalue weighted by atomic mass is 16.6. The van der Waals surface area contributed by atoms with Crippen molar-refractivity contribution >= 4 is 12.4 Å². The van der Waals surface area contributed by atoms with Crippen molar-refractivity contribution in [3.05, 3.63) is 0 Å². The molecular weight excluding hydrogens is 184 g/mol. The summed E-state index contributed by atoms with van der Waals surface area (Å²) in [6.45, 7) is 5.57. The van der Waals surface area contributed by atoms with Gasteiger partial charge in [0.1, 0.15) is 0 Å². The predicted molar refractivity (Wildman–Crippen MR) is 51.3 cm³/mol. The summed E-state index contributed by atoms with van der Waals surface area (Å²) in [5.41, 5.74) is 0. The molecule has 0 bridgehead atoms. The van der Waals surface area contributed by atoms with Crippen LogP contribution >= 0.6 is 0 Å². The molecule has 0 aromatic heterocycles. The van der Waals surface area contributed by atoms with E-state index in [2.05, 4.69) is 4.74 Å². The molecule has 0 spiro atoms. The van der Waals surface area contributed by atoms with Gasteiger partial charge in [-0.05, 0) is 12.8 Å². The zero-order valence-electron chi connectivity index (χ0n) is 8.75. The van der Waals surface area contributed by atoms with Gasteiger partial charge in [-0.1, -0.05) is 26.7 Å². The van der Waals surface area contributed by atoms with Gasteiger partial charge in [0.2, 0.25) is 0 Å². The third-order valence-electron chi connectivity index (χ3n) is 1.75. The molecule has 1 radical (unpaired) electrons. The van der Waals surface area contributed by atoms with E-state index in [0.29, 0.717) is 13.0 Å². The van der Waals surface area contributed by atoms with Gasteiger partial charge >= 0.3 is 12.4 Å². The molecule has 4 nitrogen and oxygen atoms in total. The van der Waals surface area contributed by atoms with Crippen molar-refractivity contribution < 1.29 is 19.1 Å². The summed E-state index contributed by atoms with van der Waals surface area (Å²) in [6, 6.07) is 0. The first kappa shape index (κ1) is 12.9. The lowest BCUT2D eigenvalue weighted by Gasteiger charge is -2.12. The molecule has 0 saturated heterocycles. The summed E-state index contributed by atoms with van der Waals surface area (Å²) in [5, 5.41) is 0. The molecule has 0 aliphatic carbocycles. The number of unbranched alkanes of at least 4 members (excludes halogenated alkanes) is 1. The summed E-state index contributed by atoms with van der Waals surface area (Å²) in [6.07, 6.45) is 2.26. The molecule has 0 rings (SSSR count). The topological polar surface area (TPSA) is 52.6 Å². The third-order valence-corrected chi connectivity index (χ3v) is 1.75. The minimum atomic E-state index is -0.783. The Morgan fingerprint density at radius 3 is 2.57 bits per heavy atom. The monoisotopic (exact) mass is 201 g/mol. The van der Waals surface area contributed by atoms with Crippen LogP contribution in [0.25, 0.3) is 0 Å². The first-order valence-corrected chi connectivity index (χ1v) is 4.95. The minimum absolute atomic E-state index is 0.387. The van der Waals surface area contributed by atoms with E-state index in [1.54, 1.807) is 0 Å². The van der Waals surface area contributed by atoms with Gasteiger partial charge in [0, 0.05) is 0 Å². The Bertz CT molecular complexity index is 168. The Balaban J connectivity index is 3.81. The fourth-order valence-corrected chi connectivity index (χ4v) is 0.955. The highest BCUT2D eigenvalue weighted by molar-refractivity contribution is 5.75. The van der Waals surface area contributed by atoms with Crippen LogP contribution in [0.1, 0.15) is 39.5 Å². The van der Waals surface area contributed by atoms with E-state index in [0.717, 1.165) is 19.3 Å². The molecule has 4 heteroatoms. The Kier molecular flexibility index (Phi) is 7.89. The quantitative estimate of drug-likeness (QED) is 0.442. The highest BCUT2D eigenvalue weighted by Crippen LogP contribution is 2.04. The van der Waals surface area contributed by atoms with Gasteiger partial charge in [-0.2, -0.15) is 0 Å². The second-order valence-electron chi connectivity index (χ2n) is 3.00. The van der Waals surface area contributed by atoms with E-state index < -0.39 is 12.1 Å². The van der Waals surface area contributed by atoms with Crippen molar-refractivity contribution in [3.63, 3.8) is 0 Å². The normalized spacial score (nSPS) is 11.9. The molecule has 0 aliphatic heterocycles. The summed E-state index contributed by atoms with van der Waals surface area (Å²) >= 11 is 0. The van der Waals surface area contributed by atoms with Crippen LogP contribution in [-0.4, -0.2) is 25.2 Å². The zero-order valence-corrected chi connectivity index (χ0v) is 8.75. The van der Waals surface area contributed by atoms with E-state index >= 15 is 0 Å². The number of hydrogen-bond acceptors (Lipinski definition) is 4. The molecule has 0 amide bonds. The zero-order chi connectivity index (χ0) is 10.8. The van der Waals surface area contributed by atoms with Crippen LogP contribution in [0.15, 0.2) is 0 Å². The van der Waals surface area contributed by atoms with Gasteiger partial charge in [0.25, 0.3) is 0 Å². The first-order valence-electron chi connectivity index (χ1n) is 4.95. The first-order chi connectivity index (χ1) is 6.76. The molecule has 0 heterocycles. The van der Waals surface area contributed by atoms with Crippen molar-refractivity contribution in [2.45, 2.75) is 45.6 Å². The molecule has 0 saturated carbocycles. The lowest BCUT2D eigenvalue weighted by atomic mass is 10.2. The molecule has 0 N–H and O–H groups in total. The van der Waals surface area contributed by atoms with Crippen LogP contribution in [0.4, 0.5) is 0 Å². The lowest BCUT2D eigenvalue weighted by molar-refractivity contribution is -0.153. The van der Waals surface area contributed by atoms with E-state index in [1.807, 2.05) is 13.8 Å². The van der Waals surface area contributed by atoms with Gasteiger partial charge in [-0.3, -0.25) is 0 Å². The van der Waals surface area contributed by atoms with Gasteiger partial charge in [0.05, 0.1) is 6.61 Å². The smallest absolute Gasteiger partial charge is 0.418 e. The molecule has 0 aromatic rings. The highest BCUT2D eigenvalue weighted by Gasteiger charge is 2.20. The number of carbonyl (C=O) groups excluding carboxylic acids is 2. The van der Waals surface area contributed by atoms with Crippen molar-refractivity contribution in [3.8, 4) is 0 Å². The second kappa shape index (κ2) is 8.53. The predicted octanol–water partition coefficient (Wildman–Crippen LogP) is 1.58. The van der Waals surface area contributed by atoms with Gasteiger partial charge in [-0.25, -0.2) is 9.59 Å². The summed E-state index contributed by atoms with van der Waals surface area (Å²) < 4.78 is 9.40. The van der Waals surface area contributed by atoms with Crippen LogP contribution < -0.4 is 0 Å².